The highest BCUT2D eigenvalue weighted by molar-refractivity contribution is 7.80. The van der Waals surface area contributed by atoms with Gasteiger partial charge in [0, 0.05) is 37.8 Å². The van der Waals surface area contributed by atoms with Crippen molar-refractivity contribution in [2.45, 2.75) is 58.0 Å². The van der Waals surface area contributed by atoms with Crippen LogP contribution < -0.4 is 10.9 Å². The summed E-state index contributed by atoms with van der Waals surface area (Å²) in [6.45, 7) is 8.04. The van der Waals surface area contributed by atoms with Gasteiger partial charge in [-0.15, -0.1) is 0 Å². The van der Waals surface area contributed by atoms with Crippen LogP contribution in [0, 0.1) is 6.92 Å². The first-order valence-corrected chi connectivity index (χ1v) is 12.5. The van der Waals surface area contributed by atoms with Crippen molar-refractivity contribution >= 4 is 28.2 Å². The Morgan fingerprint density at radius 3 is 2.81 bits per heavy atom. The monoisotopic (exact) mass is 456 g/mol. The summed E-state index contributed by atoms with van der Waals surface area (Å²) < 4.78 is 5.46. The lowest BCUT2D eigenvalue weighted by Gasteiger charge is -2.32. The number of H-pyrrole nitrogens is 1. The van der Waals surface area contributed by atoms with E-state index in [1.807, 2.05) is 25.1 Å². The molecular weight excluding hydrogens is 420 g/mol. The van der Waals surface area contributed by atoms with E-state index < -0.39 is 0 Å². The molecule has 0 unspecified atom stereocenters. The van der Waals surface area contributed by atoms with Crippen LogP contribution in [0.15, 0.2) is 29.1 Å². The summed E-state index contributed by atoms with van der Waals surface area (Å²) in [5, 5.41) is 5.45. The molecule has 0 bridgehead atoms. The van der Waals surface area contributed by atoms with Gasteiger partial charge in [-0.2, -0.15) is 0 Å². The number of para-hydroxylation sites is 1. The molecule has 4 rings (SSSR count). The van der Waals surface area contributed by atoms with Crippen LogP contribution in [0.4, 0.5) is 0 Å². The fourth-order valence-electron chi connectivity index (χ4n) is 4.83. The number of fused-ring (bicyclic) bond motifs is 1. The van der Waals surface area contributed by atoms with Crippen molar-refractivity contribution in [3.8, 4) is 0 Å². The molecule has 0 atom stereocenters. The lowest BCUT2D eigenvalue weighted by molar-refractivity contribution is 0.0367. The largest absolute Gasteiger partial charge is 0.379 e. The number of nitrogens with zero attached hydrogens (tertiary/aromatic N) is 2. The van der Waals surface area contributed by atoms with Gasteiger partial charge in [0.15, 0.2) is 5.11 Å². The number of aromatic nitrogens is 1. The molecule has 2 fully saturated rings. The van der Waals surface area contributed by atoms with E-state index in [1.54, 1.807) is 0 Å². The number of ether oxygens (including phenoxy) is 1. The minimum Gasteiger partial charge on any atom is -0.379 e. The number of benzene rings is 1. The Kier molecular flexibility index (Phi) is 8.16. The van der Waals surface area contributed by atoms with Crippen LogP contribution in [0.5, 0.6) is 0 Å². The maximum absolute atomic E-state index is 12.9. The quantitative estimate of drug-likeness (QED) is 0.621. The maximum atomic E-state index is 12.9. The summed E-state index contributed by atoms with van der Waals surface area (Å²) in [6, 6.07) is 8.60. The van der Waals surface area contributed by atoms with E-state index in [0.29, 0.717) is 12.6 Å². The topological polar surface area (TPSA) is 60.6 Å². The van der Waals surface area contributed by atoms with Crippen LogP contribution in [0.25, 0.3) is 10.9 Å². The standard InChI is InChI=1S/C25H36N4O2S/c1-19-7-5-8-20-17-21(24(30)27-23(19)20)18-29(12-6-11-28-13-15-31-16-14-28)25(32)26-22-9-3-2-4-10-22/h5,7-8,17,22H,2-4,6,9-16,18H2,1H3,(H,26,32)(H,27,30). The molecule has 6 nitrogen and oxygen atoms in total. The second-order valence-electron chi connectivity index (χ2n) is 9.18. The second-order valence-corrected chi connectivity index (χ2v) is 9.56. The highest BCUT2D eigenvalue weighted by atomic mass is 32.1. The van der Waals surface area contributed by atoms with Crippen molar-refractivity contribution < 1.29 is 4.74 Å². The molecule has 0 radical (unpaired) electrons. The summed E-state index contributed by atoms with van der Waals surface area (Å²) in [5.41, 5.74) is 2.75. The molecule has 1 aromatic heterocycles. The first-order chi connectivity index (χ1) is 15.6. The Labute approximate surface area is 196 Å². The predicted octanol–water partition coefficient (Wildman–Crippen LogP) is 3.57. The van der Waals surface area contributed by atoms with Gasteiger partial charge >= 0.3 is 0 Å². The van der Waals surface area contributed by atoms with E-state index in [0.717, 1.165) is 73.0 Å². The fourth-order valence-corrected chi connectivity index (χ4v) is 5.15. The Hall–Kier alpha value is -1.96. The van der Waals surface area contributed by atoms with E-state index in [4.69, 9.17) is 17.0 Å². The molecular formula is C25H36N4O2S. The Balaban J connectivity index is 1.47. The molecule has 1 saturated heterocycles. The molecule has 2 N–H and O–H groups in total. The number of nitrogens with one attached hydrogen (secondary N) is 2. The first-order valence-electron chi connectivity index (χ1n) is 12.1. The van der Waals surface area contributed by atoms with Gasteiger partial charge in [-0.1, -0.05) is 37.5 Å². The van der Waals surface area contributed by atoms with Crippen LogP contribution in [0.3, 0.4) is 0 Å². The van der Waals surface area contributed by atoms with Crippen LogP contribution in [0.1, 0.15) is 49.7 Å². The van der Waals surface area contributed by atoms with Crippen molar-refractivity contribution in [1.82, 2.24) is 20.1 Å². The number of hydrogen-bond donors (Lipinski definition) is 2. The number of thiocarbonyl (C=S) groups is 1. The average molecular weight is 457 g/mol. The van der Waals surface area contributed by atoms with Crippen LogP contribution >= 0.6 is 12.2 Å². The average Bonchev–Trinajstić information content (AvgIpc) is 2.81. The van der Waals surface area contributed by atoms with Gasteiger partial charge in [-0.3, -0.25) is 9.69 Å². The summed E-state index contributed by atoms with van der Waals surface area (Å²) in [6.07, 6.45) is 7.22. The molecule has 0 spiro atoms. The van der Waals surface area contributed by atoms with E-state index in [-0.39, 0.29) is 5.56 Å². The third-order valence-corrected chi connectivity index (χ3v) is 7.13. The van der Waals surface area contributed by atoms with Gasteiger partial charge in [0.05, 0.1) is 25.3 Å². The molecule has 32 heavy (non-hydrogen) atoms. The zero-order valence-electron chi connectivity index (χ0n) is 19.2. The van der Waals surface area contributed by atoms with Gasteiger partial charge < -0.3 is 19.9 Å². The minimum atomic E-state index is -0.0227. The van der Waals surface area contributed by atoms with E-state index >= 15 is 0 Å². The fraction of sp³-hybridized carbons (Fsp3) is 0.600. The predicted molar refractivity (Wildman–Crippen MR) is 134 cm³/mol. The van der Waals surface area contributed by atoms with Crippen LogP contribution in [-0.2, 0) is 11.3 Å². The maximum Gasteiger partial charge on any atom is 0.253 e. The number of hydrogen-bond acceptors (Lipinski definition) is 4. The lowest BCUT2D eigenvalue weighted by Crippen LogP contribution is -2.46. The van der Waals surface area contributed by atoms with Crippen molar-refractivity contribution in [2.75, 3.05) is 39.4 Å². The summed E-state index contributed by atoms with van der Waals surface area (Å²) >= 11 is 5.85. The summed E-state index contributed by atoms with van der Waals surface area (Å²) in [5.74, 6) is 0. The Morgan fingerprint density at radius 1 is 1.25 bits per heavy atom. The normalized spacial score (nSPS) is 18.0. The lowest BCUT2D eigenvalue weighted by atomic mass is 9.96. The highest BCUT2D eigenvalue weighted by Gasteiger charge is 2.19. The van der Waals surface area contributed by atoms with Crippen LogP contribution in [-0.4, -0.2) is 65.3 Å². The molecule has 1 aromatic carbocycles. The zero-order chi connectivity index (χ0) is 22.3. The molecule has 174 valence electrons. The van der Waals surface area contributed by atoms with E-state index in [2.05, 4.69) is 26.2 Å². The minimum absolute atomic E-state index is 0.0227. The molecule has 1 aliphatic heterocycles. The number of aromatic amines is 1. The summed E-state index contributed by atoms with van der Waals surface area (Å²) in [7, 11) is 0. The van der Waals surface area contributed by atoms with Gasteiger partial charge in [0.1, 0.15) is 0 Å². The van der Waals surface area contributed by atoms with E-state index in [9.17, 15) is 4.79 Å². The molecule has 2 aliphatic rings. The Bertz CT molecular complexity index is 964. The molecule has 2 aromatic rings. The molecule has 2 heterocycles. The number of pyridine rings is 1. The van der Waals surface area contributed by atoms with Crippen molar-refractivity contribution in [2.24, 2.45) is 0 Å². The SMILES string of the molecule is Cc1cccc2cc(CN(CCCN3CCOCC3)C(=S)NC3CCCCC3)c(=O)[nH]c12. The van der Waals surface area contributed by atoms with Crippen LogP contribution in [0.2, 0.25) is 0 Å². The van der Waals surface area contributed by atoms with Crippen molar-refractivity contribution in [3.63, 3.8) is 0 Å². The molecule has 1 aliphatic carbocycles. The van der Waals surface area contributed by atoms with Gasteiger partial charge in [0.25, 0.3) is 5.56 Å². The number of morpholine rings is 1. The van der Waals surface area contributed by atoms with Gasteiger partial charge in [-0.05, 0) is 55.4 Å². The molecule has 7 heteroatoms. The van der Waals surface area contributed by atoms with Crippen molar-refractivity contribution in [3.05, 3.63) is 45.7 Å². The third kappa shape index (κ3) is 6.09. The van der Waals surface area contributed by atoms with Gasteiger partial charge in [0.2, 0.25) is 0 Å². The van der Waals surface area contributed by atoms with E-state index in [1.165, 1.54) is 32.1 Å². The molecule has 0 amide bonds. The number of aryl methyl sites for hydroxylation is 1. The van der Waals surface area contributed by atoms with Crippen molar-refractivity contribution in [1.29, 1.82) is 0 Å². The highest BCUT2D eigenvalue weighted by Crippen LogP contribution is 2.19. The third-order valence-electron chi connectivity index (χ3n) is 6.75. The summed E-state index contributed by atoms with van der Waals surface area (Å²) in [4.78, 5) is 20.6. The zero-order valence-corrected chi connectivity index (χ0v) is 20.0. The molecule has 1 saturated carbocycles. The number of rotatable bonds is 7. The second kappa shape index (κ2) is 11.3. The smallest absolute Gasteiger partial charge is 0.253 e. The van der Waals surface area contributed by atoms with Gasteiger partial charge in [-0.25, -0.2) is 0 Å². The first kappa shape index (κ1) is 23.2. The Morgan fingerprint density at radius 2 is 2.03 bits per heavy atom.